The fourth-order valence-electron chi connectivity index (χ4n) is 3.91. The van der Waals surface area contributed by atoms with Crippen molar-refractivity contribution >= 4 is 77.3 Å². The Kier molecular flexibility index (Phi) is 7.38. The Morgan fingerprint density at radius 1 is 1.05 bits per heavy atom. The lowest BCUT2D eigenvalue weighted by atomic mass is 10.1. The second-order valence-electron chi connectivity index (χ2n) is 8.46. The number of benzene rings is 3. The molecule has 38 heavy (non-hydrogen) atoms. The molecule has 1 N–H and O–H groups in total. The molecule has 13 heteroatoms. The molecule has 5 rings (SSSR count). The lowest BCUT2D eigenvalue weighted by Crippen LogP contribution is -2.28. The first kappa shape index (κ1) is 26.9. The van der Waals surface area contributed by atoms with Gasteiger partial charge >= 0.3 is 0 Å². The van der Waals surface area contributed by atoms with Crippen LogP contribution in [0, 0.1) is 6.92 Å². The van der Waals surface area contributed by atoms with Crippen LogP contribution in [-0.2, 0) is 17.1 Å². The molecule has 0 saturated carbocycles. The van der Waals surface area contributed by atoms with E-state index in [1.807, 2.05) is 19.1 Å². The van der Waals surface area contributed by atoms with Crippen molar-refractivity contribution in [3.63, 3.8) is 0 Å². The fraction of sp³-hybridized carbons (Fsp3) is 0.160. The van der Waals surface area contributed by atoms with Crippen LogP contribution in [0.4, 0.5) is 0 Å². The number of halogens is 3. The number of nitrogens with zero attached hydrogens (tertiary/aromatic N) is 3. The van der Waals surface area contributed by atoms with Crippen LogP contribution in [-0.4, -0.2) is 36.1 Å². The van der Waals surface area contributed by atoms with E-state index < -0.39 is 10.0 Å². The quantitative estimate of drug-likeness (QED) is 0.233. The Balaban J connectivity index is 1.37. The number of thiazole rings is 1. The van der Waals surface area contributed by atoms with Gasteiger partial charge in [-0.1, -0.05) is 34.8 Å². The smallest absolute Gasteiger partial charge is 0.260 e. The highest BCUT2D eigenvalue weighted by molar-refractivity contribution is 7.89. The van der Waals surface area contributed by atoms with Crippen LogP contribution in [0.25, 0.3) is 31.7 Å². The molecule has 5 aromatic rings. The second kappa shape index (κ2) is 10.4. The van der Waals surface area contributed by atoms with Gasteiger partial charge in [0, 0.05) is 30.2 Å². The largest absolute Gasteiger partial charge is 0.492 e. The summed E-state index contributed by atoms with van der Waals surface area (Å²) < 4.78 is 35.5. The summed E-state index contributed by atoms with van der Waals surface area (Å²) in [6, 6.07) is 11.3. The van der Waals surface area contributed by atoms with E-state index in [4.69, 9.17) is 44.5 Å². The maximum absolute atomic E-state index is 12.6. The van der Waals surface area contributed by atoms with Crippen LogP contribution < -0.4 is 15.0 Å². The van der Waals surface area contributed by atoms with E-state index in [0.717, 1.165) is 15.8 Å². The number of ether oxygens (including phenoxy) is 1. The zero-order chi connectivity index (χ0) is 27.2. The van der Waals surface area contributed by atoms with E-state index in [1.165, 1.54) is 40.4 Å². The van der Waals surface area contributed by atoms with Crippen molar-refractivity contribution in [2.24, 2.45) is 7.05 Å². The highest BCUT2D eigenvalue weighted by Crippen LogP contribution is 2.38. The standard InChI is InChI=1S/C25H19Cl3N4O4S2/c1-13-7-16(22-17(8-13)25(33)32(2)12-29-22)24-31-23-19(28)10-15(11-20(23)37-24)36-6-5-30-38(34,35)21-4-3-14(26)9-18(21)27/h3-4,7-12,30H,5-6H2,1-2H3. The topological polar surface area (TPSA) is 103 Å². The second-order valence-corrected chi connectivity index (χ2v) is 12.5. The van der Waals surface area contributed by atoms with Crippen molar-refractivity contribution in [1.29, 1.82) is 0 Å². The minimum Gasteiger partial charge on any atom is -0.492 e. The number of nitrogens with one attached hydrogen (secondary N) is 1. The average Bonchev–Trinajstić information content (AvgIpc) is 3.28. The Labute approximate surface area is 236 Å². The first-order valence-corrected chi connectivity index (χ1v) is 14.6. The number of fused-ring (bicyclic) bond motifs is 2. The highest BCUT2D eigenvalue weighted by atomic mass is 35.5. The van der Waals surface area contributed by atoms with Crippen LogP contribution in [0.1, 0.15) is 5.56 Å². The minimum absolute atomic E-state index is 0.000787. The van der Waals surface area contributed by atoms with Gasteiger partial charge in [-0.3, -0.25) is 4.79 Å². The maximum atomic E-state index is 12.6. The number of hydrogen-bond acceptors (Lipinski definition) is 7. The Morgan fingerprint density at radius 3 is 2.61 bits per heavy atom. The molecule has 3 aromatic carbocycles. The van der Waals surface area contributed by atoms with Crippen molar-refractivity contribution < 1.29 is 13.2 Å². The van der Waals surface area contributed by atoms with Crippen molar-refractivity contribution in [2.75, 3.05) is 13.2 Å². The first-order chi connectivity index (χ1) is 18.0. The van der Waals surface area contributed by atoms with Gasteiger partial charge < -0.3 is 9.30 Å². The molecule has 0 atom stereocenters. The molecule has 0 aliphatic heterocycles. The molecule has 2 heterocycles. The van der Waals surface area contributed by atoms with Crippen LogP contribution >= 0.6 is 46.1 Å². The first-order valence-electron chi connectivity index (χ1n) is 11.2. The lowest BCUT2D eigenvalue weighted by molar-refractivity contribution is 0.323. The molecule has 0 radical (unpaired) electrons. The average molecular weight is 610 g/mol. The highest BCUT2D eigenvalue weighted by Gasteiger charge is 2.19. The van der Waals surface area contributed by atoms with Gasteiger partial charge in [-0.2, -0.15) is 0 Å². The van der Waals surface area contributed by atoms with Crippen LogP contribution in [0.5, 0.6) is 5.75 Å². The number of aromatic nitrogens is 3. The summed E-state index contributed by atoms with van der Waals surface area (Å²) in [7, 11) is -2.18. The summed E-state index contributed by atoms with van der Waals surface area (Å²) in [6.07, 6.45) is 1.49. The predicted octanol–water partition coefficient (Wildman–Crippen LogP) is 5.84. The SMILES string of the molecule is Cc1cc(-c2nc3c(Cl)cc(OCCNS(=O)(=O)c4ccc(Cl)cc4Cl)cc3s2)c2ncn(C)c(=O)c2c1. The summed E-state index contributed by atoms with van der Waals surface area (Å²) in [4.78, 5) is 21.8. The van der Waals surface area contributed by atoms with E-state index >= 15 is 0 Å². The predicted molar refractivity (Wildman–Crippen MR) is 152 cm³/mol. The molecule has 0 aliphatic carbocycles. The van der Waals surface area contributed by atoms with E-state index in [0.29, 0.717) is 37.2 Å². The van der Waals surface area contributed by atoms with E-state index in [2.05, 4.69) is 9.71 Å². The van der Waals surface area contributed by atoms with Crippen LogP contribution in [0.2, 0.25) is 15.1 Å². The maximum Gasteiger partial charge on any atom is 0.260 e. The van der Waals surface area contributed by atoms with Gasteiger partial charge in [-0.15, -0.1) is 11.3 Å². The summed E-state index contributed by atoms with van der Waals surface area (Å²) in [6.45, 7) is 1.96. The van der Waals surface area contributed by atoms with Gasteiger partial charge in [0.15, 0.2) is 0 Å². The van der Waals surface area contributed by atoms with Gasteiger partial charge in [0.05, 0.1) is 32.0 Å². The van der Waals surface area contributed by atoms with Crippen LogP contribution in [0.3, 0.4) is 0 Å². The molecule has 2 aromatic heterocycles. The Bertz CT molecular complexity index is 1890. The Morgan fingerprint density at radius 2 is 1.84 bits per heavy atom. The summed E-state index contributed by atoms with van der Waals surface area (Å²) in [5.41, 5.74) is 2.68. The lowest BCUT2D eigenvalue weighted by Gasteiger charge is -2.10. The third-order valence-electron chi connectivity index (χ3n) is 5.66. The molecule has 0 unspecified atom stereocenters. The number of hydrogen-bond donors (Lipinski definition) is 1. The van der Waals surface area contributed by atoms with Crippen LogP contribution in [0.15, 0.2) is 58.5 Å². The molecule has 0 fully saturated rings. The van der Waals surface area contributed by atoms with Crippen molar-refractivity contribution in [3.8, 4) is 16.3 Å². The summed E-state index contributed by atoms with van der Waals surface area (Å²) in [5, 5.41) is 1.94. The van der Waals surface area contributed by atoms with Gasteiger partial charge in [-0.05, 0) is 48.9 Å². The number of rotatable bonds is 7. The zero-order valence-electron chi connectivity index (χ0n) is 20.0. The summed E-state index contributed by atoms with van der Waals surface area (Å²) in [5.74, 6) is 0.461. The number of sulfonamides is 1. The monoisotopic (exact) mass is 608 g/mol. The normalized spacial score (nSPS) is 11.9. The summed E-state index contributed by atoms with van der Waals surface area (Å²) >= 11 is 19.8. The molecule has 8 nitrogen and oxygen atoms in total. The van der Waals surface area contributed by atoms with E-state index in [-0.39, 0.29) is 28.6 Å². The van der Waals surface area contributed by atoms with Crippen molar-refractivity contribution in [1.82, 2.24) is 19.3 Å². The van der Waals surface area contributed by atoms with E-state index in [1.54, 1.807) is 19.2 Å². The molecule has 0 bridgehead atoms. The molecule has 0 saturated heterocycles. The molecular weight excluding hydrogens is 591 g/mol. The zero-order valence-corrected chi connectivity index (χ0v) is 23.9. The molecular formula is C25H19Cl3N4O4S2. The van der Waals surface area contributed by atoms with Gasteiger partial charge in [0.25, 0.3) is 5.56 Å². The van der Waals surface area contributed by atoms with Crippen molar-refractivity contribution in [2.45, 2.75) is 11.8 Å². The molecule has 0 aliphatic rings. The molecule has 0 amide bonds. The number of aryl methyl sites for hydroxylation is 2. The molecule has 196 valence electrons. The Hall–Kier alpha value is -2.73. The minimum atomic E-state index is -3.84. The molecule has 0 spiro atoms. The van der Waals surface area contributed by atoms with E-state index in [9.17, 15) is 13.2 Å². The third-order valence-corrected chi connectivity index (χ3v) is 9.17. The van der Waals surface area contributed by atoms with Crippen molar-refractivity contribution in [3.05, 3.63) is 79.8 Å². The fourth-order valence-corrected chi connectivity index (χ4v) is 7.04. The third kappa shape index (κ3) is 5.25. The van der Waals surface area contributed by atoms with Gasteiger partial charge in [0.2, 0.25) is 10.0 Å². The van der Waals surface area contributed by atoms with Gasteiger partial charge in [-0.25, -0.2) is 23.1 Å². The van der Waals surface area contributed by atoms with Gasteiger partial charge in [0.1, 0.15) is 27.8 Å².